The third-order valence-electron chi connectivity index (χ3n) is 7.86. The van der Waals surface area contributed by atoms with Crippen LogP contribution in [0.3, 0.4) is 0 Å². The van der Waals surface area contributed by atoms with Crippen LogP contribution < -0.4 is 19.3 Å². The van der Waals surface area contributed by atoms with E-state index < -0.39 is 0 Å². The van der Waals surface area contributed by atoms with E-state index in [9.17, 15) is 0 Å². The molecule has 4 aromatic carbocycles. The van der Waals surface area contributed by atoms with Crippen LogP contribution in [0.15, 0.2) is 108 Å². The molecule has 1 aromatic heterocycles. The molecule has 0 fully saturated rings. The van der Waals surface area contributed by atoms with Gasteiger partial charge in [-0.25, -0.2) is 4.68 Å². The molecule has 0 bridgehead atoms. The number of aryl methyl sites for hydroxylation is 1. The largest absolute Gasteiger partial charge is 0.493 e. The predicted octanol–water partition coefficient (Wildman–Crippen LogP) is 7.60. The van der Waals surface area contributed by atoms with Crippen LogP contribution in [-0.4, -0.2) is 29.5 Å². The van der Waals surface area contributed by atoms with Crippen LogP contribution in [0.5, 0.6) is 11.5 Å². The van der Waals surface area contributed by atoms with Gasteiger partial charge in [-0.05, 0) is 60.9 Å². The number of aliphatic imine (C=N–C) groups is 1. The number of nitrogens with zero attached hydrogens (tertiary/aromatic N) is 5. The van der Waals surface area contributed by atoms with Crippen molar-refractivity contribution in [3.63, 3.8) is 0 Å². The molecule has 1 atom stereocenters. The molecule has 2 aliphatic rings. The minimum absolute atomic E-state index is 0.180. The second kappa shape index (κ2) is 10.7. The Kier molecular flexibility index (Phi) is 6.62. The zero-order valence-electron chi connectivity index (χ0n) is 24.1. The van der Waals surface area contributed by atoms with Gasteiger partial charge in [0.15, 0.2) is 17.3 Å². The van der Waals surface area contributed by atoms with Gasteiger partial charge in [0.25, 0.3) is 0 Å². The van der Waals surface area contributed by atoms with Gasteiger partial charge in [0.1, 0.15) is 0 Å². The third kappa shape index (κ3) is 4.29. The maximum atomic E-state index is 6.01. The fourth-order valence-corrected chi connectivity index (χ4v) is 5.96. The van der Waals surface area contributed by atoms with Crippen molar-refractivity contribution < 1.29 is 9.47 Å². The summed E-state index contributed by atoms with van der Waals surface area (Å²) in [5, 5.41) is 5.04. The summed E-state index contributed by atoms with van der Waals surface area (Å²) in [7, 11) is 1.70. The Hall–Kier alpha value is -5.04. The Labute approximate surface area is 246 Å². The molecule has 42 heavy (non-hydrogen) atoms. The lowest BCUT2D eigenvalue weighted by Crippen LogP contribution is -2.42. The molecule has 0 N–H and O–H groups in total. The van der Waals surface area contributed by atoms with Crippen LogP contribution in [0.2, 0.25) is 0 Å². The molecule has 7 nitrogen and oxygen atoms in total. The second-order valence-electron chi connectivity index (χ2n) is 10.6. The first-order valence-corrected chi connectivity index (χ1v) is 14.4. The van der Waals surface area contributed by atoms with Gasteiger partial charge in [-0.15, -0.1) is 0 Å². The fourth-order valence-electron chi connectivity index (χ4n) is 5.96. The molecular weight excluding hydrogens is 522 g/mol. The molecule has 5 aromatic rings. The summed E-state index contributed by atoms with van der Waals surface area (Å²) in [4.78, 5) is 10.1. The molecule has 0 amide bonds. The quantitative estimate of drug-likeness (QED) is 0.197. The Balaban J connectivity index is 1.45. The summed E-state index contributed by atoms with van der Waals surface area (Å²) in [6, 6.07) is 35.4. The lowest BCUT2D eigenvalue weighted by Gasteiger charge is -2.35. The van der Waals surface area contributed by atoms with E-state index in [-0.39, 0.29) is 6.04 Å². The fraction of sp³-hybridized carbons (Fsp3) is 0.200. The number of aromatic nitrogens is 2. The normalized spacial score (nSPS) is 15.1. The number of ether oxygens (including phenoxy) is 2. The Morgan fingerprint density at radius 2 is 1.52 bits per heavy atom. The Morgan fingerprint density at radius 1 is 0.810 bits per heavy atom. The smallest absolute Gasteiger partial charge is 0.213 e. The molecule has 3 heterocycles. The maximum absolute atomic E-state index is 6.01. The van der Waals surface area contributed by atoms with Crippen molar-refractivity contribution >= 4 is 23.2 Å². The third-order valence-corrected chi connectivity index (χ3v) is 7.86. The van der Waals surface area contributed by atoms with Crippen LogP contribution in [0.25, 0.3) is 5.69 Å². The van der Waals surface area contributed by atoms with Crippen molar-refractivity contribution in [1.82, 2.24) is 9.78 Å². The average Bonchev–Trinajstić information content (AvgIpc) is 3.54. The summed E-state index contributed by atoms with van der Waals surface area (Å²) in [6.07, 6.45) is 0.927. The highest BCUT2D eigenvalue weighted by Crippen LogP contribution is 2.51. The molecule has 0 aliphatic carbocycles. The maximum Gasteiger partial charge on any atom is 0.213 e. The number of fused-ring (bicyclic) bond motifs is 4. The van der Waals surface area contributed by atoms with E-state index in [1.165, 1.54) is 5.56 Å². The number of methoxy groups -OCH3 is 1. The Bertz CT molecular complexity index is 1760. The zero-order chi connectivity index (χ0) is 28.6. The van der Waals surface area contributed by atoms with E-state index in [2.05, 4.69) is 103 Å². The minimum atomic E-state index is -0.180. The SMILES string of the molecule is CCCOc1ccc([C@H]2c3c(C)nn(-c4ccccc4)c3N=C3N(Cc4ccccc4)c4ccccc4N32)cc1OC. The van der Waals surface area contributed by atoms with Crippen molar-refractivity contribution in [2.75, 3.05) is 23.5 Å². The van der Waals surface area contributed by atoms with E-state index in [1.807, 2.05) is 28.9 Å². The van der Waals surface area contributed by atoms with Crippen molar-refractivity contribution in [2.45, 2.75) is 32.9 Å². The number of hydrogen-bond donors (Lipinski definition) is 0. The average molecular weight is 556 g/mol. The number of hydrogen-bond acceptors (Lipinski definition) is 6. The monoisotopic (exact) mass is 555 g/mol. The first-order valence-electron chi connectivity index (χ1n) is 14.4. The van der Waals surface area contributed by atoms with E-state index in [0.29, 0.717) is 18.9 Å². The first kappa shape index (κ1) is 25.9. The Morgan fingerprint density at radius 3 is 2.26 bits per heavy atom. The van der Waals surface area contributed by atoms with Crippen molar-refractivity contribution in [2.24, 2.45) is 4.99 Å². The van der Waals surface area contributed by atoms with Gasteiger partial charge >= 0.3 is 0 Å². The molecule has 7 rings (SSSR count). The topological polar surface area (TPSA) is 55.1 Å². The van der Waals surface area contributed by atoms with Crippen LogP contribution in [-0.2, 0) is 6.54 Å². The molecule has 0 unspecified atom stereocenters. The van der Waals surface area contributed by atoms with Gasteiger partial charge in [0.05, 0.1) is 49.1 Å². The molecule has 7 heteroatoms. The first-order chi connectivity index (χ1) is 20.7. The van der Waals surface area contributed by atoms with Gasteiger partial charge in [-0.2, -0.15) is 10.1 Å². The van der Waals surface area contributed by atoms with E-state index in [0.717, 1.165) is 57.8 Å². The number of anilines is 2. The second-order valence-corrected chi connectivity index (χ2v) is 10.6. The highest BCUT2D eigenvalue weighted by molar-refractivity contribution is 6.18. The van der Waals surface area contributed by atoms with Gasteiger partial charge < -0.3 is 14.4 Å². The predicted molar refractivity (Wildman–Crippen MR) is 168 cm³/mol. The molecule has 0 radical (unpaired) electrons. The van der Waals surface area contributed by atoms with Crippen molar-refractivity contribution in [3.8, 4) is 17.2 Å². The highest BCUT2D eigenvalue weighted by Gasteiger charge is 2.44. The van der Waals surface area contributed by atoms with Gasteiger partial charge in [0, 0.05) is 5.56 Å². The number of para-hydroxylation sites is 3. The summed E-state index contributed by atoms with van der Waals surface area (Å²) < 4.78 is 13.8. The number of guanidine groups is 1. The van der Waals surface area contributed by atoms with Crippen LogP contribution >= 0.6 is 0 Å². The van der Waals surface area contributed by atoms with Crippen molar-refractivity contribution in [1.29, 1.82) is 0 Å². The van der Waals surface area contributed by atoms with Crippen LogP contribution in [0, 0.1) is 6.92 Å². The molecule has 0 saturated carbocycles. The van der Waals surface area contributed by atoms with Crippen LogP contribution in [0.1, 0.15) is 41.8 Å². The molecular formula is C35H33N5O2. The zero-order valence-corrected chi connectivity index (χ0v) is 24.1. The molecule has 2 aliphatic heterocycles. The molecule has 210 valence electrons. The minimum Gasteiger partial charge on any atom is -0.493 e. The number of benzene rings is 4. The standard InChI is InChI=1S/C35H33N5O2/c1-4-21-42-30-20-19-26(22-31(30)41-3)33-32-24(2)37-40(27-15-9-6-10-16-27)34(32)36-35-38(23-25-13-7-5-8-14-25)28-17-11-12-18-29(28)39(33)35/h5-20,22,33H,4,21,23H2,1-3H3/t33-/m0/s1. The molecule has 0 saturated heterocycles. The van der Waals surface area contributed by atoms with E-state index in [4.69, 9.17) is 19.6 Å². The van der Waals surface area contributed by atoms with Crippen LogP contribution in [0.4, 0.5) is 17.2 Å². The lowest BCUT2D eigenvalue weighted by atomic mass is 9.95. The summed E-state index contributed by atoms with van der Waals surface area (Å²) in [5.74, 6) is 3.18. The summed E-state index contributed by atoms with van der Waals surface area (Å²) in [6.45, 7) is 5.51. The summed E-state index contributed by atoms with van der Waals surface area (Å²) in [5.41, 5.74) is 7.52. The van der Waals surface area contributed by atoms with Gasteiger partial charge in [0.2, 0.25) is 5.96 Å². The van der Waals surface area contributed by atoms with E-state index >= 15 is 0 Å². The summed E-state index contributed by atoms with van der Waals surface area (Å²) >= 11 is 0. The van der Waals surface area contributed by atoms with E-state index in [1.54, 1.807) is 7.11 Å². The van der Waals surface area contributed by atoms with Gasteiger partial charge in [-0.3, -0.25) is 4.90 Å². The number of rotatable bonds is 8. The van der Waals surface area contributed by atoms with Crippen molar-refractivity contribution in [3.05, 3.63) is 126 Å². The molecule has 0 spiro atoms. The highest BCUT2D eigenvalue weighted by atomic mass is 16.5. The van der Waals surface area contributed by atoms with Gasteiger partial charge in [-0.1, -0.05) is 73.7 Å². The lowest BCUT2D eigenvalue weighted by molar-refractivity contribution is 0.294.